The third-order valence-electron chi connectivity index (χ3n) is 3.60. The molecule has 2 nitrogen and oxygen atoms in total. The van der Waals surface area contributed by atoms with Gasteiger partial charge in [0.15, 0.2) is 0 Å². The molecule has 2 heteroatoms. The van der Waals surface area contributed by atoms with Gasteiger partial charge in [-0.2, -0.15) is 0 Å². The summed E-state index contributed by atoms with van der Waals surface area (Å²) in [4.78, 5) is 2.65. The Morgan fingerprint density at radius 2 is 2.00 bits per heavy atom. The van der Waals surface area contributed by atoms with Gasteiger partial charge in [0.25, 0.3) is 0 Å². The summed E-state index contributed by atoms with van der Waals surface area (Å²) in [5, 5.41) is 3.33. The molecule has 0 radical (unpaired) electrons. The van der Waals surface area contributed by atoms with Crippen LogP contribution in [0.1, 0.15) is 26.2 Å². The molecule has 0 aromatic carbocycles. The van der Waals surface area contributed by atoms with Gasteiger partial charge in [-0.1, -0.05) is 13.3 Å². The van der Waals surface area contributed by atoms with Crippen molar-refractivity contribution in [1.82, 2.24) is 10.2 Å². The second kappa shape index (κ2) is 3.35. The van der Waals surface area contributed by atoms with Crippen molar-refractivity contribution in [1.29, 1.82) is 0 Å². The molecule has 0 aromatic heterocycles. The van der Waals surface area contributed by atoms with Crippen molar-refractivity contribution in [2.45, 2.75) is 38.3 Å². The lowest BCUT2D eigenvalue weighted by molar-refractivity contribution is 0.00238. The minimum atomic E-state index is 0.815. The maximum absolute atomic E-state index is 3.33. The van der Waals surface area contributed by atoms with Crippen LogP contribution in [0, 0.1) is 5.92 Å². The molecule has 0 unspecified atom stereocenters. The van der Waals surface area contributed by atoms with Gasteiger partial charge in [-0.25, -0.2) is 0 Å². The third kappa shape index (κ3) is 1.38. The molecule has 12 heavy (non-hydrogen) atoms. The Morgan fingerprint density at radius 3 is 2.50 bits per heavy atom. The van der Waals surface area contributed by atoms with E-state index in [1.807, 2.05) is 0 Å². The van der Waals surface area contributed by atoms with E-state index in [1.165, 1.54) is 32.4 Å². The Kier molecular flexibility index (Phi) is 2.37. The van der Waals surface area contributed by atoms with Gasteiger partial charge in [-0.05, 0) is 25.8 Å². The Balaban J connectivity index is 1.64. The van der Waals surface area contributed by atoms with Gasteiger partial charge in [0.05, 0.1) is 0 Å². The maximum atomic E-state index is 3.33. The number of rotatable bonds is 3. The number of hydrogen-bond acceptors (Lipinski definition) is 2. The van der Waals surface area contributed by atoms with Crippen molar-refractivity contribution >= 4 is 0 Å². The highest BCUT2D eigenvalue weighted by Crippen LogP contribution is 2.31. The molecule has 1 N–H and O–H groups in total. The van der Waals surface area contributed by atoms with E-state index in [-0.39, 0.29) is 0 Å². The Hall–Kier alpha value is -0.0800. The van der Waals surface area contributed by atoms with Gasteiger partial charge in [0.2, 0.25) is 0 Å². The van der Waals surface area contributed by atoms with Crippen LogP contribution in [-0.4, -0.2) is 37.1 Å². The van der Waals surface area contributed by atoms with Crippen molar-refractivity contribution in [3.8, 4) is 0 Å². The van der Waals surface area contributed by atoms with Crippen LogP contribution >= 0.6 is 0 Å². The fraction of sp³-hybridized carbons (Fsp3) is 1.00. The zero-order valence-electron chi connectivity index (χ0n) is 8.21. The molecular formula is C10H20N2. The normalized spacial score (nSPS) is 37.5. The quantitative estimate of drug-likeness (QED) is 0.678. The first-order chi connectivity index (χ1) is 5.83. The average Bonchev–Trinajstić information content (AvgIpc) is 1.91. The summed E-state index contributed by atoms with van der Waals surface area (Å²) in [7, 11) is 2.08. The number of likely N-dealkylation sites (tertiary alicyclic amines) is 1. The third-order valence-corrected chi connectivity index (χ3v) is 3.60. The van der Waals surface area contributed by atoms with E-state index in [2.05, 4.69) is 24.2 Å². The standard InChI is InChI=1S/C10H20N2/c1-3-8-6-12(7-8)10-4-9(5-10)11-2/h8-11H,3-7H2,1-2H3. The molecule has 1 aliphatic heterocycles. The van der Waals surface area contributed by atoms with Crippen LogP contribution in [0.5, 0.6) is 0 Å². The molecule has 1 aliphatic carbocycles. The van der Waals surface area contributed by atoms with Crippen LogP contribution in [0.4, 0.5) is 0 Å². The zero-order valence-corrected chi connectivity index (χ0v) is 8.21. The van der Waals surface area contributed by atoms with Crippen molar-refractivity contribution in [2.24, 2.45) is 5.92 Å². The molecule has 0 aromatic rings. The molecule has 1 saturated heterocycles. The second-order valence-corrected chi connectivity index (χ2v) is 4.34. The van der Waals surface area contributed by atoms with E-state index in [1.54, 1.807) is 0 Å². The van der Waals surface area contributed by atoms with E-state index in [0.29, 0.717) is 0 Å². The highest BCUT2D eigenvalue weighted by Gasteiger charge is 2.38. The van der Waals surface area contributed by atoms with Crippen LogP contribution < -0.4 is 5.32 Å². The monoisotopic (exact) mass is 168 g/mol. The van der Waals surface area contributed by atoms with Gasteiger partial charge in [-0.15, -0.1) is 0 Å². The zero-order chi connectivity index (χ0) is 8.55. The SMILES string of the molecule is CCC1CN(C2CC(NC)C2)C1. The second-order valence-electron chi connectivity index (χ2n) is 4.34. The van der Waals surface area contributed by atoms with Gasteiger partial charge in [0.1, 0.15) is 0 Å². The van der Waals surface area contributed by atoms with Gasteiger partial charge >= 0.3 is 0 Å². The van der Waals surface area contributed by atoms with Crippen molar-refractivity contribution in [3.05, 3.63) is 0 Å². The first kappa shape index (κ1) is 8.52. The van der Waals surface area contributed by atoms with E-state index in [4.69, 9.17) is 0 Å². The number of nitrogens with one attached hydrogen (secondary N) is 1. The van der Waals surface area contributed by atoms with Crippen LogP contribution in [0.2, 0.25) is 0 Å². The van der Waals surface area contributed by atoms with E-state index >= 15 is 0 Å². The maximum Gasteiger partial charge on any atom is 0.0125 e. The topological polar surface area (TPSA) is 15.3 Å². The fourth-order valence-corrected chi connectivity index (χ4v) is 2.29. The summed E-state index contributed by atoms with van der Waals surface area (Å²) in [6, 6.07) is 1.74. The lowest BCUT2D eigenvalue weighted by Crippen LogP contribution is -2.59. The molecule has 1 saturated carbocycles. The predicted molar refractivity (Wildman–Crippen MR) is 51.2 cm³/mol. The summed E-state index contributed by atoms with van der Waals surface area (Å²) >= 11 is 0. The fourth-order valence-electron chi connectivity index (χ4n) is 2.29. The smallest absolute Gasteiger partial charge is 0.0125 e. The molecule has 0 atom stereocenters. The van der Waals surface area contributed by atoms with E-state index in [0.717, 1.165) is 18.0 Å². The summed E-state index contributed by atoms with van der Waals surface area (Å²) in [6.45, 7) is 5.05. The number of nitrogens with zero attached hydrogens (tertiary/aromatic N) is 1. The summed E-state index contributed by atoms with van der Waals surface area (Å²) in [5.41, 5.74) is 0. The van der Waals surface area contributed by atoms with Crippen LogP contribution in [-0.2, 0) is 0 Å². The average molecular weight is 168 g/mol. The Morgan fingerprint density at radius 1 is 1.33 bits per heavy atom. The first-order valence-electron chi connectivity index (χ1n) is 5.24. The van der Waals surface area contributed by atoms with Gasteiger partial charge in [0, 0.05) is 25.2 Å². The largest absolute Gasteiger partial charge is 0.317 e. The molecule has 1 heterocycles. The molecule has 2 fully saturated rings. The van der Waals surface area contributed by atoms with Gasteiger partial charge < -0.3 is 5.32 Å². The van der Waals surface area contributed by atoms with Crippen molar-refractivity contribution < 1.29 is 0 Å². The Bertz CT molecular complexity index is 128. The highest BCUT2D eigenvalue weighted by atomic mass is 15.2. The van der Waals surface area contributed by atoms with E-state index < -0.39 is 0 Å². The van der Waals surface area contributed by atoms with Crippen LogP contribution in [0.3, 0.4) is 0 Å². The van der Waals surface area contributed by atoms with Crippen LogP contribution in [0.25, 0.3) is 0 Å². The van der Waals surface area contributed by atoms with Crippen molar-refractivity contribution in [2.75, 3.05) is 20.1 Å². The summed E-state index contributed by atoms with van der Waals surface area (Å²) < 4.78 is 0. The van der Waals surface area contributed by atoms with Crippen molar-refractivity contribution in [3.63, 3.8) is 0 Å². The molecule has 0 spiro atoms. The lowest BCUT2D eigenvalue weighted by atomic mass is 9.82. The minimum absolute atomic E-state index is 0.815. The lowest BCUT2D eigenvalue weighted by Gasteiger charge is -2.50. The summed E-state index contributed by atoms with van der Waals surface area (Å²) in [5.74, 6) is 1.01. The molecule has 2 rings (SSSR count). The first-order valence-corrected chi connectivity index (χ1v) is 5.24. The summed E-state index contributed by atoms with van der Waals surface area (Å²) in [6.07, 6.45) is 4.14. The molecular weight excluding hydrogens is 148 g/mol. The number of hydrogen-bond donors (Lipinski definition) is 1. The Labute approximate surface area is 75.3 Å². The van der Waals surface area contributed by atoms with Crippen LogP contribution in [0.15, 0.2) is 0 Å². The van der Waals surface area contributed by atoms with E-state index in [9.17, 15) is 0 Å². The molecule has 0 bridgehead atoms. The highest BCUT2D eigenvalue weighted by molar-refractivity contribution is 4.95. The minimum Gasteiger partial charge on any atom is -0.317 e. The molecule has 2 aliphatic rings. The van der Waals surface area contributed by atoms with Gasteiger partial charge in [-0.3, -0.25) is 4.90 Å². The molecule has 0 amide bonds. The molecule has 70 valence electrons. The predicted octanol–water partition coefficient (Wildman–Crippen LogP) is 1.08.